The number of hydrogen-bond acceptors (Lipinski definition) is 3. The van der Waals surface area contributed by atoms with Crippen molar-refractivity contribution in [3.63, 3.8) is 0 Å². The summed E-state index contributed by atoms with van der Waals surface area (Å²) in [6.45, 7) is 4.16. The number of hydrogen-bond donors (Lipinski definition) is 0. The first-order valence-electron chi connectivity index (χ1n) is 9.21. The third-order valence-electron chi connectivity index (χ3n) is 5.30. The molecule has 0 spiro atoms. The fraction of sp³-hybridized carbons (Fsp3) is 0.500. The van der Waals surface area contributed by atoms with E-state index in [0.717, 1.165) is 49.2 Å². The monoisotopic (exact) mass is 339 g/mol. The first-order chi connectivity index (χ1) is 12.2. The molecule has 1 fully saturated rings. The highest BCUT2D eigenvalue weighted by Crippen LogP contribution is 2.29. The Balaban J connectivity index is 1.47. The number of carbonyl (C=O) groups excluding carboxylic acids is 1. The molecule has 0 unspecified atom stereocenters. The molecule has 1 aromatic carbocycles. The molecule has 2 aromatic rings. The lowest BCUT2D eigenvalue weighted by Crippen LogP contribution is -2.50. The Labute approximate surface area is 148 Å². The zero-order valence-electron chi connectivity index (χ0n) is 14.7. The number of aryl methyl sites for hydroxylation is 1. The minimum absolute atomic E-state index is 0.0742. The first kappa shape index (κ1) is 16.2. The Morgan fingerprint density at radius 1 is 1.32 bits per heavy atom. The van der Waals surface area contributed by atoms with Crippen LogP contribution in [0, 0.1) is 12.8 Å². The number of para-hydroxylation sites is 1. The van der Waals surface area contributed by atoms with Crippen LogP contribution >= 0.6 is 0 Å². The van der Waals surface area contributed by atoms with Crippen LogP contribution in [0.2, 0.25) is 0 Å². The van der Waals surface area contributed by atoms with Crippen molar-refractivity contribution in [1.29, 1.82) is 0 Å². The molecule has 0 N–H and O–H groups in total. The molecular weight excluding hydrogens is 314 g/mol. The van der Waals surface area contributed by atoms with Crippen LogP contribution in [0.4, 0.5) is 0 Å². The highest BCUT2D eigenvalue weighted by Gasteiger charge is 2.34. The van der Waals surface area contributed by atoms with Gasteiger partial charge in [-0.3, -0.25) is 9.48 Å². The van der Waals surface area contributed by atoms with Gasteiger partial charge in [-0.05, 0) is 49.8 Å². The molecule has 3 heterocycles. The minimum atomic E-state index is -0.0742. The van der Waals surface area contributed by atoms with Gasteiger partial charge < -0.3 is 9.64 Å². The van der Waals surface area contributed by atoms with E-state index < -0.39 is 0 Å². The van der Waals surface area contributed by atoms with Gasteiger partial charge in [-0.25, -0.2) is 0 Å². The Hall–Kier alpha value is -2.30. The summed E-state index contributed by atoms with van der Waals surface area (Å²) in [6.07, 6.45) is 8.02. The molecule has 25 heavy (non-hydrogen) atoms. The van der Waals surface area contributed by atoms with Crippen molar-refractivity contribution in [3.8, 4) is 5.75 Å². The number of aromatic nitrogens is 2. The van der Waals surface area contributed by atoms with E-state index >= 15 is 0 Å². The standard InChI is InChI=1S/C20H25N3O2/c1-15-11-21-22(12-15)13-18-7-4-5-9-23(18)20(24)17-10-16-6-2-3-8-19(16)25-14-17/h2-3,6,8,11-12,17-18H,4-5,7,9-10,13-14H2,1H3/t17-,18+/m1/s1. The van der Waals surface area contributed by atoms with Gasteiger partial charge in [-0.1, -0.05) is 18.2 Å². The Morgan fingerprint density at radius 3 is 3.04 bits per heavy atom. The van der Waals surface area contributed by atoms with E-state index in [1.165, 1.54) is 6.42 Å². The number of amides is 1. The van der Waals surface area contributed by atoms with Crippen molar-refractivity contribution in [1.82, 2.24) is 14.7 Å². The summed E-state index contributed by atoms with van der Waals surface area (Å²) in [7, 11) is 0. The van der Waals surface area contributed by atoms with E-state index in [9.17, 15) is 4.79 Å². The van der Waals surface area contributed by atoms with Gasteiger partial charge >= 0.3 is 0 Å². The van der Waals surface area contributed by atoms with Crippen molar-refractivity contribution in [2.75, 3.05) is 13.2 Å². The smallest absolute Gasteiger partial charge is 0.229 e. The van der Waals surface area contributed by atoms with Crippen molar-refractivity contribution < 1.29 is 9.53 Å². The summed E-state index contributed by atoms with van der Waals surface area (Å²) in [5.41, 5.74) is 2.30. The Morgan fingerprint density at radius 2 is 2.20 bits per heavy atom. The molecule has 0 bridgehead atoms. The maximum atomic E-state index is 13.2. The molecule has 2 aliphatic heterocycles. The van der Waals surface area contributed by atoms with Crippen LogP contribution in [-0.4, -0.2) is 39.8 Å². The van der Waals surface area contributed by atoms with Crippen LogP contribution in [-0.2, 0) is 17.8 Å². The van der Waals surface area contributed by atoms with Gasteiger partial charge in [-0.15, -0.1) is 0 Å². The van der Waals surface area contributed by atoms with Crippen molar-refractivity contribution in [2.45, 2.75) is 45.2 Å². The molecule has 132 valence electrons. The second-order valence-corrected chi connectivity index (χ2v) is 7.24. The molecule has 5 nitrogen and oxygen atoms in total. The number of nitrogens with zero attached hydrogens (tertiary/aromatic N) is 3. The van der Waals surface area contributed by atoms with Crippen LogP contribution in [0.5, 0.6) is 5.75 Å². The van der Waals surface area contributed by atoms with Crippen LogP contribution in [0.15, 0.2) is 36.7 Å². The van der Waals surface area contributed by atoms with Crippen LogP contribution in [0.3, 0.4) is 0 Å². The number of piperidine rings is 1. The van der Waals surface area contributed by atoms with Gasteiger partial charge in [0.2, 0.25) is 5.91 Å². The molecule has 2 atom stereocenters. The SMILES string of the molecule is Cc1cnn(C[C@@H]2CCCCN2C(=O)[C@H]2COc3ccccc3C2)c1. The summed E-state index contributed by atoms with van der Waals surface area (Å²) in [5.74, 6) is 1.09. The highest BCUT2D eigenvalue weighted by atomic mass is 16.5. The Kier molecular flexibility index (Phi) is 4.47. The lowest BCUT2D eigenvalue weighted by atomic mass is 9.93. The third-order valence-corrected chi connectivity index (χ3v) is 5.30. The molecule has 4 rings (SSSR count). The van der Waals surface area contributed by atoms with Crippen molar-refractivity contribution >= 4 is 5.91 Å². The molecule has 5 heteroatoms. The van der Waals surface area contributed by atoms with Crippen LogP contribution in [0.1, 0.15) is 30.4 Å². The van der Waals surface area contributed by atoms with E-state index in [-0.39, 0.29) is 17.9 Å². The van der Waals surface area contributed by atoms with Crippen molar-refractivity contribution in [2.24, 2.45) is 5.92 Å². The minimum Gasteiger partial charge on any atom is -0.492 e. The highest BCUT2D eigenvalue weighted by molar-refractivity contribution is 5.80. The fourth-order valence-corrected chi connectivity index (χ4v) is 3.98. The molecular formula is C20H25N3O2. The fourth-order valence-electron chi connectivity index (χ4n) is 3.98. The Bertz CT molecular complexity index is 755. The zero-order chi connectivity index (χ0) is 17.2. The van der Waals surface area contributed by atoms with E-state index in [4.69, 9.17) is 4.74 Å². The molecule has 2 aliphatic rings. The molecule has 1 saturated heterocycles. The summed E-state index contributed by atoms with van der Waals surface area (Å²) in [5, 5.41) is 4.40. The van der Waals surface area contributed by atoms with E-state index in [0.29, 0.717) is 6.61 Å². The summed E-state index contributed by atoms with van der Waals surface area (Å²) >= 11 is 0. The predicted octanol–water partition coefficient (Wildman–Crippen LogP) is 2.82. The van der Waals surface area contributed by atoms with Gasteiger partial charge in [0.1, 0.15) is 12.4 Å². The molecule has 0 aliphatic carbocycles. The number of likely N-dealkylation sites (tertiary alicyclic amines) is 1. The summed E-state index contributed by atoms with van der Waals surface area (Å²) in [6, 6.07) is 8.28. The maximum Gasteiger partial charge on any atom is 0.229 e. The van der Waals surface area contributed by atoms with E-state index in [1.807, 2.05) is 36.0 Å². The number of rotatable bonds is 3. The second-order valence-electron chi connectivity index (χ2n) is 7.24. The molecule has 0 radical (unpaired) electrons. The third kappa shape index (κ3) is 3.41. The normalized spacial score (nSPS) is 23.0. The van der Waals surface area contributed by atoms with Gasteiger partial charge in [0, 0.05) is 12.7 Å². The average Bonchev–Trinajstić information content (AvgIpc) is 3.06. The topological polar surface area (TPSA) is 47.4 Å². The van der Waals surface area contributed by atoms with Gasteiger partial charge in [0.05, 0.1) is 24.7 Å². The first-order valence-corrected chi connectivity index (χ1v) is 9.21. The lowest BCUT2D eigenvalue weighted by Gasteiger charge is -2.38. The molecule has 1 aromatic heterocycles. The zero-order valence-corrected chi connectivity index (χ0v) is 14.7. The van der Waals surface area contributed by atoms with Gasteiger partial charge in [-0.2, -0.15) is 5.10 Å². The number of carbonyl (C=O) groups is 1. The summed E-state index contributed by atoms with van der Waals surface area (Å²) < 4.78 is 7.81. The van der Waals surface area contributed by atoms with E-state index in [2.05, 4.69) is 22.3 Å². The number of fused-ring (bicyclic) bond motifs is 1. The largest absolute Gasteiger partial charge is 0.492 e. The van der Waals surface area contributed by atoms with Crippen LogP contribution in [0.25, 0.3) is 0 Å². The number of ether oxygens (including phenoxy) is 1. The van der Waals surface area contributed by atoms with Gasteiger partial charge in [0.25, 0.3) is 0 Å². The maximum absolute atomic E-state index is 13.2. The lowest BCUT2D eigenvalue weighted by molar-refractivity contribution is -0.141. The van der Waals surface area contributed by atoms with Crippen molar-refractivity contribution in [3.05, 3.63) is 47.8 Å². The quantitative estimate of drug-likeness (QED) is 0.864. The van der Waals surface area contributed by atoms with E-state index in [1.54, 1.807) is 0 Å². The molecule has 1 amide bonds. The predicted molar refractivity (Wildman–Crippen MR) is 95.4 cm³/mol. The average molecular weight is 339 g/mol. The summed E-state index contributed by atoms with van der Waals surface area (Å²) in [4.78, 5) is 15.3. The van der Waals surface area contributed by atoms with Gasteiger partial charge in [0.15, 0.2) is 0 Å². The number of benzene rings is 1. The second kappa shape index (κ2) is 6.90. The van der Waals surface area contributed by atoms with Crippen LogP contribution < -0.4 is 4.74 Å². The molecule has 0 saturated carbocycles.